The Balaban J connectivity index is 1.86. The number of furan rings is 1. The molecule has 24 heavy (non-hydrogen) atoms. The molecular weight excluding hydrogens is 334 g/mol. The fraction of sp³-hybridized carbons (Fsp3) is 0.200. The minimum absolute atomic E-state index is 0.00650. The summed E-state index contributed by atoms with van der Waals surface area (Å²) in [6.07, 6.45) is 1.45. The molecule has 1 atom stereocenters. The summed E-state index contributed by atoms with van der Waals surface area (Å²) in [4.78, 5) is 23.6. The van der Waals surface area contributed by atoms with Gasteiger partial charge in [0.2, 0.25) is 21.8 Å². The van der Waals surface area contributed by atoms with Crippen molar-refractivity contribution in [3.05, 3.63) is 42.4 Å². The van der Waals surface area contributed by atoms with Gasteiger partial charge in [0, 0.05) is 0 Å². The van der Waals surface area contributed by atoms with Crippen LogP contribution in [0, 0.1) is 5.92 Å². The van der Waals surface area contributed by atoms with E-state index in [9.17, 15) is 18.0 Å². The first kappa shape index (κ1) is 16.2. The maximum atomic E-state index is 12.4. The van der Waals surface area contributed by atoms with Crippen LogP contribution in [0.2, 0.25) is 0 Å². The Morgan fingerprint density at radius 1 is 1.12 bits per heavy atom. The Labute approximate surface area is 138 Å². The molecule has 0 fully saturated rings. The maximum absolute atomic E-state index is 12.4. The van der Waals surface area contributed by atoms with Gasteiger partial charge in [-0.3, -0.25) is 9.59 Å². The average Bonchev–Trinajstić information content (AvgIpc) is 3.03. The van der Waals surface area contributed by atoms with Gasteiger partial charge in [0.25, 0.3) is 0 Å². The second-order valence-electron chi connectivity index (χ2n) is 5.31. The number of hydrogen-bond donors (Lipinski definition) is 3. The van der Waals surface area contributed by atoms with Gasteiger partial charge in [0.15, 0.2) is 0 Å². The second-order valence-corrected chi connectivity index (χ2v) is 7.08. The van der Waals surface area contributed by atoms with Crippen molar-refractivity contribution >= 4 is 33.2 Å². The third-order valence-electron chi connectivity index (χ3n) is 3.62. The van der Waals surface area contributed by atoms with E-state index in [2.05, 4.69) is 15.4 Å². The highest BCUT2D eigenvalue weighted by Gasteiger charge is 2.27. The summed E-state index contributed by atoms with van der Waals surface area (Å²) in [5.41, 5.74) is 0.584. The van der Waals surface area contributed by atoms with Crippen molar-refractivity contribution in [2.75, 3.05) is 10.6 Å². The van der Waals surface area contributed by atoms with Crippen LogP contribution in [0.4, 0.5) is 11.4 Å². The highest BCUT2D eigenvalue weighted by Crippen LogP contribution is 2.28. The Morgan fingerprint density at radius 3 is 2.50 bits per heavy atom. The topological polar surface area (TPSA) is 118 Å². The molecule has 1 unspecified atom stereocenters. The van der Waals surface area contributed by atoms with E-state index < -0.39 is 27.8 Å². The van der Waals surface area contributed by atoms with E-state index in [1.807, 2.05) is 0 Å². The Hall–Kier alpha value is -2.65. The minimum atomic E-state index is -3.80. The lowest BCUT2D eigenvalue weighted by molar-refractivity contribution is -0.128. The quantitative estimate of drug-likeness (QED) is 0.719. The van der Waals surface area contributed by atoms with Gasteiger partial charge in [-0.25, -0.2) is 13.1 Å². The van der Waals surface area contributed by atoms with Gasteiger partial charge >= 0.3 is 0 Å². The number of rotatable bonds is 4. The first-order valence-corrected chi connectivity index (χ1v) is 8.63. The maximum Gasteiger partial charge on any atom is 0.241 e. The van der Waals surface area contributed by atoms with Crippen molar-refractivity contribution in [1.82, 2.24) is 4.72 Å². The highest BCUT2D eigenvalue weighted by atomic mass is 32.2. The molecule has 2 aromatic rings. The van der Waals surface area contributed by atoms with Crippen LogP contribution in [0.5, 0.6) is 0 Å². The van der Waals surface area contributed by atoms with Crippen molar-refractivity contribution in [2.45, 2.75) is 18.4 Å². The molecule has 8 nitrogen and oxygen atoms in total. The molecule has 1 aromatic heterocycles. The Bertz CT molecular complexity index is 890. The number of sulfonamides is 1. The van der Waals surface area contributed by atoms with Crippen LogP contribution in [0.15, 0.2) is 45.9 Å². The van der Waals surface area contributed by atoms with E-state index in [-0.39, 0.29) is 17.1 Å². The number of anilines is 2. The van der Waals surface area contributed by atoms with Gasteiger partial charge in [-0.05, 0) is 37.3 Å². The summed E-state index contributed by atoms with van der Waals surface area (Å²) in [7, 11) is -3.80. The molecule has 3 rings (SSSR count). The molecule has 0 saturated heterocycles. The molecule has 0 spiro atoms. The van der Waals surface area contributed by atoms with Gasteiger partial charge < -0.3 is 15.1 Å². The zero-order valence-electron chi connectivity index (χ0n) is 12.7. The van der Waals surface area contributed by atoms with Crippen molar-refractivity contribution in [3.63, 3.8) is 0 Å². The smallest absolute Gasteiger partial charge is 0.241 e. The lowest BCUT2D eigenvalue weighted by Gasteiger charge is -2.10. The van der Waals surface area contributed by atoms with Gasteiger partial charge in [-0.2, -0.15) is 0 Å². The molecule has 0 aliphatic carbocycles. The summed E-state index contributed by atoms with van der Waals surface area (Å²) in [6.45, 7) is 1.48. The van der Waals surface area contributed by atoms with Crippen LogP contribution >= 0.6 is 0 Å². The SMILES string of the molecule is CC1C(=O)Nc2ccc(S(=O)(=O)NCc3ccco3)cc2NC1=O. The molecular formula is C15H15N3O5S. The molecule has 2 heterocycles. The lowest BCUT2D eigenvalue weighted by atomic mass is 10.1. The van der Waals surface area contributed by atoms with Gasteiger partial charge in [-0.15, -0.1) is 0 Å². The van der Waals surface area contributed by atoms with Crippen LogP contribution in [-0.2, 0) is 26.2 Å². The fourth-order valence-electron chi connectivity index (χ4n) is 2.17. The van der Waals surface area contributed by atoms with Crippen LogP contribution in [0.3, 0.4) is 0 Å². The van der Waals surface area contributed by atoms with Crippen molar-refractivity contribution < 1.29 is 22.4 Å². The van der Waals surface area contributed by atoms with Crippen LogP contribution in [0.25, 0.3) is 0 Å². The molecule has 9 heteroatoms. The first-order chi connectivity index (χ1) is 11.4. The third kappa shape index (κ3) is 3.17. The summed E-state index contributed by atoms with van der Waals surface area (Å²) in [5, 5.41) is 5.13. The van der Waals surface area contributed by atoms with Crippen LogP contribution in [0.1, 0.15) is 12.7 Å². The number of carbonyl (C=O) groups is 2. The van der Waals surface area contributed by atoms with Crippen LogP contribution < -0.4 is 15.4 Å². The minimum Gasteiger partial charge on any atom is -0.468 e. The van der Waals surface area contributed by atoms with E-state index in [1.54, 1.807) is 12.1 Å². The number of amides is 2. The Morgan fingerprint density at radius 2 is 1.83 bits per heavy atom. The first-order valence-electron chi connectivity index (χ1n) is 7.14. The monoisotopic (exact) mass is 349 g/mol. The molecule has 1 aliphatic heterocycles. The van der Waals surface area contributed by atoms with E-state index in [0.29, 0.717) is 11.4 Å². The lowest BCUT2D eigenvalue weighted by Crippen LogP contribution is -2.28. The van der Waals surface area contributed by atoms with E-state index in [1.165, 1.54) is 31.4 Å². The molecule has 126 valence electrons. The largest absolute Gasteiger partial charge is 0.468 e. The number of nitrogens with one attached hydrogen (secondary N) is 3. The average molecular weight is 349 g/mol. The summed E-state index contributed by atoms with van der Waals surface area (Å²) < 4.78 is 32.2. The fourth-order valence-corrected chi connectivity index (χ4v) is 3.19. The second kappa shape index (κ2) is 6.10. The van der Waals surface area contributed by atoms with Crippen molar-refractivity contribution in [3.8, 4) is 0 Å². The number of fused-ring (bicyclic) bond motifs is 1. The van der Waals surface area contributed by atoms with E-state index in [0.717, 1.165) is 0 Å². The number of benzene rings is 1. The highest BCUT2D eigenvalue weighted by molar-refractivity contribution is 7.89. The predicted molar refractivity (Wildman–Crippen MR) is 85.6 cm³/mol. The van der Waals surface area contributed by atoms with Gasteiger partial charge in [0.05, 0.1) is 29.1 Å². The molecule has 0 bridgehead atoms. The number of carbonyl (C=O) groups excluding carboxylic acids is 2. The molecule has 0 radical (unpaired) electrons. The molecule has 1 aliphatic rings. The molecule has 1 aromatic carbocycles. The number of hydrogen-bond acceptors (Lipinski definition) is 5. The Kier molecular flexibility index (Phi) is 4.12. The van der Waals surface area contributed by atoms with Crippen molar-refractivity contribution in [1.29, 1.82) is 0 Å². The van der Waals surface area contributed by atoms with Gasteiger partial charge in [-0.1, -0.05) is 0 Å². The molecule has 2 amide bonds. The third-order valence-corrected chi connectivity index (χ3v) is 5.02. The van der Waals surface area contributed by atoms with Gasteiger partial charge in [0.1, 0.15) is 11.7 Å². The molecule has 3 N–H and O–H groups in total. The van der Waals surface area contributed by atoms with E-state index >= 15 is 0 Å². The standard InChI is InChI=1S/C15H15N3O5S/c1-9-14(19)17-12-5-4-11(7-13(12)18-15(9)20)24(21,22)16-8-10-3-2-6-23-10/h2-7,9,16H,8H2,1H3,(H,17,19)(H,18,20). The van der Waals surface area contributed by atoms with Crippen LogP contribution in [-0.4, -0.2) is 20.2 Å². The summed E-state index contributed by atoms with van der Waals surface area (Å²) in [5.74, 6) is -1.33. The zero-order valence-corrected chi connectivity index (χ0v) is 13.5. The summed E-state index contributed by atoms with van der Waals surface area (Å²) >= 11 is 0. The summed E-state index contributed by atoms with van der Waals surface area (Å²) in [6, 6.07) is 7.40. The van der Waals surface area contributed by atoms with E-state index in [4.69, 9.17) is 4.42 Å². The normalized spacial score (nSPS) is 17.6. The molecule has 0 saturated carbocycles. The predicted octanol–water partition coefficient (Wildman–Crippen LogP) is 1.28. The van der Waals surface area contributed by atoms with Crippen molar-refractivity contribution in [2.24, 2.45) is 5.92 Å². The zero-order chi connectivity index (χ0) is 17.3.